The predicted octanol–water partition coefficient (Wildman–Crippen LogP) is -0.270. The van der Waals surface area contributed by atoms with Crippen molar-refractivity contribution in [3.05, 3.63) is 0 Å². The Morgan fingerprint density at radius 2 is 1.92 bits per heavy atom. The van der Waals surface area contributed by atoms with Crippen molar-refractivity contribution in [1.29, 1.82) is 0 Å². The molecule has 0 aromatic heterocycles. The molecule has 3 heteroatoms. The Hall–Kier alpha value is -0.570. The van der Waals surface area contributed by atoms with Crippen LogP contribution in [0.3, 0.4) is 0 Å². The number of fused-ring (bicyclic) bond motifs is 1. The van der Waals surface area contributed by atoms with Gasteiger partial charge in [-0.2, -0.15) is 0 Å². The van der Waals surface area contributed by atoms with Crippen LogP contribution in [0.15, 0.2) is 0 Å². The summed E-state index contributed by atoms with van der Waals surface area (Å²) in [5.74, 6) is 2.04. The molecule has 2 saturated carbocycles. The maximum Gasteiger partial charge on any atom is 0.224 e. The monoisotopic (exact) mass is 166 g/mol. The normalized spacial score (nSPS) is 43.8. The molecule has 0 spiro atoms. The van der Waals surface area contributed by atoms with E-state index in [1.165, 1.54) is 12.8 Å². The van der Waals surface area contributed by atoms with E-state index < -0.39 is 0 Å². The van der Waals surface area contributed by atoms with Gasteiger partial charge in [0.15, 0.2) is 0 Å². The van der Waals surface area contributed by atoms with Gasteiger partial charge < -0.3 is 10.6 Å². The molecule has 1 aliphatic heterocycles. The lowest BCUT2D eigenvalue weighted by molar-refractivity contribution is -0.123. The first kappa shape index (κ1) is 6.89. The molecule has 3 atom stereocenters. The predicted molar refractivity (Wildman–Crippen MR) is 44.5 cm³/mol. The van der Waals surface area contributed by atoms with Gasteiger partial charge >= 0.3 is 0 Å². The maximum atomic E-state index is 11.5. The quantitative estimate of drug-likeness (QED) is 0.593. The van der Waals surface area contributed by atoms with E-state index in [9.17, 15) is 4.79 Å². The minimum atomic E-state index is 0.328. The SMILES string of the molecule is O=C(NC1CC1)C1[C@H]2CNC[C@@H]12. The first-order valence-corrected chi connectivity index (χ1v) is 4.87. The lowest BCUT2D eigenvalue weighted by Gasteiger charge is -2.04. The molecule has 1 amide bonds. The third kappa shape index (κ3) is 0.959. The van der Waals surface area contributed by atoms with Crippen LogP contribution in [-0.2, 0) is 4.79 Å². The Morgan fingerprint density at radius 3 is 2.50 bits per heavy atom. The molecular weight excluding hydrogens is 152 g/mol. The summed E-state index contributed by atoms with van der Waals surface area (Å²) in [7, 11) is 0. The van der Waals surface area contributed by atoms with Crippen LogP contribution in [0.1, 0.15) is 12.8 Å². The van der Waals surface area contributed by atoms with Crippen LogP contribution >= 0.6 is 0 Å². The summed E-state index contributed by atoms with van der Waals surface area (Å²) < 4.78 is 0. The van der Waals surface area contributed by atoms with Crippen molar-refractivity contribution in [2.45, 2.75) is 18.9 Å². The zero-order chi connectivity index (χ0) is 8.13. The zero-order valence-corrected chi connectivity index (χ0v) is 7.05. The van der Waals surface area contributed by atoms with E-state index in [2.05, 4.69) is 10.6 Å². The van der Waals surface area contributed by atoms with Gasteiger partial charge in [0.05, 0.1) is 0 Å². The highest BCUT2D eigenvalue weighted by Gasteiger charge is 2.57. The molecule has 3 aliphatic rings. The van der Waals surface area contributed by atoms with Crippen molar-refractivity contribution in [2.24, 2.45) is 17.8 Å². The molecule has 1 saturated heterocycles. The number of carbonyl (C=O) groups is 1. The van der Waals surface area contributed by atoms with E-state index in [1.54, 1.807) is 0 Å². The van der Waals surface area contributed by atoms with E-state index in [-0.39, 0.29) is 0 Å². The van der Waals surface area contributed by atoms with Crippen LogP contribution in [0.5, 0.6) is 0 Å². The van der Waals surface area contributed by atoms with Gasteiger partial charge in [0.2, 0.25) is 5.91 Å². The number of rotatable bonds is 2. The van der Waals surface area contributed by atoms with E-state index in [1.807, 2.05) is 0 Å². The number of hydrogen-bond donors (Lipinski definition) is 2. The molecule has 0 bridgehead atoms. The van der Waals surface area contributed by atoms with Crippen LogP contribution in [0.4, 0.5) is 0 Å². The van der Waals surface area contributed by atoms with E-state index >= 15 is 0 Å². The van der Waals surface area contributed by atoms with Crippen LogP contribution in [0.25, 0.3) is 0 Å². The van der Waals surface area contributed by atoms with Crippen LogP contribution in [-0.4, -0.2) is 25.0 Å². The first-order valence-electron chi connectivity index (χ1n) is 4.87. The average molecular weight is 166 g/mol. The molecule has 3 nitrogen and oxygen atoms in total. The van der Waals surface area contributed by atoms with Crippen molar-refractivity contribution >= 4 is 5.91 Å². The van der Waals surface area contributed by atoms with Gasteiger partial charge in [-0.15, -0.1) is 0 Å². The number of piperidine rings is 1. The molecule has 2 N–H and O–H groups in total. The summed E-state index contributed by atoms with van der Waals surface area (Å²) in [6.07, 6.45) is 2.40. The van der Waals surface area contributed by atoms with Crippen molar-refractivity contribution in [1.82, 2.24) is 10.6 Å². The summed E-state index contributed by atoms with van der Waals surface area (Å²) in [6.45, 7) is 2.13. The molecule has 1 unspecified atom stereocenters. The smallest absolute Gasteiger partial charge is 0.224 e. The minimum Gasteiger partial charge on any atom is -0.353 e. The van der Waals surface area contributed by atoms with Crippen molar-refractivity contribution in [2.75, 3.05) is 13.1 Å². The second kappa shape index (κ2) is 2.22. The van der Waals surface area contributed by atoms with Gasteiger partial charge in [-0.1, -0.05) is 0 Å². The molecule has 0 aromatic carbocycles. The van der Waals surface area contributed by atoms with Crippen LogP contribution in [0.2, 0.25) is 0 Å². The Balaban J connectivity index is 1.57. The highest BCUT2D eigenvalue weighted by Crippen LogP contribution is 2.48. The molecule has 1 heterocycles. The Kier molecular flexibility index (Phi) is 1.28. The summed E-state index contributed by atoms with van der Waals surface area (Å²) in [6, 6.07) is 0.534. The molecular formula is C9H14N2O. The van der Waals surface area contributed by atoms with Crippen molar-refractivity contribution in [3.63, 3.8) is 0 Å². The molecule has 66 valence electrons. The maximum absolute atomic E-state index is 11.5. The summed E-state index contributed by atoms with van der Waals surface area (Å²) in [5.41, 5.74) is 0. The highest BCUT2D eigenvalue weighted by molar-refractivity contribution is 5.83. The van der Waals surface area contributed by atoms with E-state index in [0.29, 0.717) is 29.7 Å². The lowest BCUT2D eigenvalue weighted by atomic mass is 10.2. The van der Waals surface area contributed by atoms with Crippen molar-refractivity contribution in [3.8, 4) is 0 Å². The fraction of sp³-hybridized carbons (Fsp3) is 0.889. The van der Waals surface area contributed by atoms with Crippen LogP contribution < -0.4 is 10.6 Å². The third-order valence-corrected chi connectivity index (χ3v) is 3.32. The number of hydrogen-bond acceptors (Lipinski definition) is 2. The van der Waals surface area contributed by atoms with Gasteiger partial charge in [-0.25, -0.2) is 0 Å². The summed E-state index contributed by atoms with van der Waals surface area (Å²) in [4.78, 5) is 11.5. The second-order valence-corrected chi connectivity index (χ2v) is 4.29. The zero-order valence-electron chi connectivity index (χ0n) is 7.05. The first-order chi connectivity index (χ1) is 5.86. The fourth-order valence-corrected chi connectivity index (χ4v) is 2.33. The molecule has 0 aromatic rings. The van der Waals surface area contributed by atoms with Gasteiger partial charge in [0, 0.05) is 12.0 Å². The molecule has 3 rings (SSSR count). The Bertz CT molecular complexity index is 215. The summed E-state index contributed by atoms with van der Waals surface area (Å²) >= 11 is 0. The van der Waals surface area contributed by atoms with Gasteiger partial charge in [-0.05, 0) is 37.8 Å². The number of nitrogens with one attached hydrogen (secondary N) is 2. The Morgan fingerprint density at radius 1 is 1.25 bits per heavy atom. The van der Waals surface area contributed by atoms with Gasteiger partial charge in [0.1, 0.15) is 0 Å². The summed E-state index contributed by atoms with van der Waals surface area (Å²) in [5, 5.41) is 6.37. The largest absolute Gasteiger partial charge is 0.353 e. The standard InChI is InChI=1S/C9H14N2O/c12-9(11-5-1-2-5)8-6-3-10-4-7(6)8/h5-8,10H,1-4H2,(H,11,12)/t6-,7+,8?. The van der Waals surface area contributed by atoms with E-state index in [0.717, 1.165) is 13.1 Å². The number of amides is 1. The van der Waals surface area contributed by atoms with Crippen LogP contribution in [0, 0.1) is 17.8 Å². The second-order valence-electron chi connectivity index (χ2n) is 4.29. The topological polar surface area (TPSA) is 41.1 Å². The molecule has 12 heavy (non-hydrogen) atoms. The van der Waals surface area contributed by atoms with Crippen molar-refractivity contribution < 1.29 is 4.79 Å². The fourth-order valence-electron chi connectivity index (χ4n) is 2.33. The molecule has 2 aliphatic carbocycles. The third-order valence-electron chi connectivity index (χ3n) is 3.32. The average Bonchev–Trinajstić information content (AvgIpc) is 2.94. The minimum absolute atomic E-state index is 0.328. The lowest BCUT2D eigenvalue weighted by Crippen LogP contribution is -2.31. The van der Waals surface area contributed by atoms with E-state index in [4.69, 9.17) is 0 Å². The van der Waals surface area contributed by atoms with Gasteiger partial charge in [0.25, 0.3) is 0 Å². The van der Waals surface area contributed by atoms with Gasteiger partial charge in [-0.3, -0.25) is 4.79 Å². The molecule has 3 fully saturated rings. The Labute approximate surface area is 71.9 Å². The molecule has 0 radical (unpaired) electrons. The number of carbonyl (C=O) groups excluding carboxylic acids is 1. The highest BCUT2D eigenvalue weighted by atomic mass is 16.2.